The van der Waals surface area contributed by atoms with Crippen molar-refractivity contribution in [3.05, 3.63) is 46.5 Å². The van der Waals surface area contributed by atoms with Gasteiger partial charge < -0.3 is 19.7 Å². The van der Waals surface area contributed by atoms with Gasteiger partial charge in [-0.05, 0) is 42.8 Å². The third-order valence-corrected chi connectivity index (χ3v) is 5.04. The topological polar surface area (TPSA) is 82.8 Å². The first kappa shape index (κ1) is 16.7. The van der Waals surface area contributed by atoms with Crippen LogP contribution in [-0.4, -0.2) is 41.0 Å². The van der Waals surface area contributed by atoms with E-state index >= 15 is 0 Å². The number of carbonyl (C=O) groups is 2. The Morgan fingerprint density at radius 1 is 1.38 bits per heavy atom. The minimum Gasteiger partial charge on any atom is -0.467 e. The first-order chi connectivity index (χ1) is 11.7. The molecule has 1 saturated heterocycles. The average Bonchev–Trinajstić information content (AvgIpc) is 3.32. The van der Waals surface area contributed by atoms with E-state index in [1.165, 1.54) is 17.6 Å². The lowest BCUT2D eigenvalue weighted by atomic mass is 10.0. The van der Waals surface area contributed by atoms with Crippen LogP contribution in [0.15, 0.2) is 40.3 Å². The van der Waals surface area contributed by atoms with Crippen LogP contribution >= 0.6 is 11.3 Å². The van der Waals surface area contributed by atoms with Crippen LogP contribution in [0.3, 0.4) is 0 Å². The fourth-order valence-corrected chi connectivity index (χ4v) is 3.63. The Bertz CT molecular complexity index is 669. The van der Waals surface area contributed by atoms with Crippen molar-refractivity contribution in [2.45, 2.75) is 31.3 Å². The van der Waals surface area contributed by atoms with Crippen molar-refractivity contribution in [3.8, 4) is 0 Å². The number of nitrogens with one attached hydrogen (secondary N) is 1. The average molecular weight is 348 g/mol. The fourth-order valence-electron chi connectivity index (χ4n) is 2.95. The van der Waals surface area contributed by atoms with Crippen LogP contribution in [0, 0.1) is 0 Å². The number of nitrogens with zero attached hydrogens (tertiary/aromatic N) is 1. The molecule has 24 heavy (non-hydrogen) atoms. The van der Waals surface area contributed by atoms with Gasteiger partial charge in [0, 0.05) is 6.54 Å². The van der Waals surface area contributed by atoms with Crippen LogP contribution in [-0.2, 0) is 4.79 Å². The van der Waals surface area contributed by atoms with Crippen molar-refractivity contribution >= 4 is 23.2 Å². The molecule has 6 nitrogen and oxygen atoms in total. The van der Waals surface area contributed by atoms with Gasteiger partial charge in [0.05, 0.1) is 17.7 Å². The van der Waals surface area contributed by atoms with Crippen LogP contribution < -0.4 is 5.32 Å². The van der Waals surface area contributed by atoms with Crippen LogP contribution in [0.25, 0.3) is 0 Å². The van der Waals surface area contributed by atoms with Gasteiger partial charge in [0.2, 0.25) is 5.91 Å². The van der Waals surface area contributed by atoms with Crippen LogP contribution in [0.4, 0.5) is 0 Å². The normalized spacial score (nSPS) is 19.0. The number of likely N-dealkylation sites (tertiary alicyclic amines) is 1. The monoisotopic (exact) mass is 348 g/mol. The molecule has 3 rings (SSSR count). The first-order valence-electron chi connectivity index (χ1n) is 8.00. The zero-order valence-corrected chi connectivity index (χ0v) is 14.0. The number of hydrogen-bond donors (Lipinski definition) is 2. The highest BCUT2D eigenvalue weighted by molar-refractivity contribution is 7.12. The largest absolute Gasteiger partial charge is 0.467 e. The molecule has 2 N–H and O–H groups in total. The summed E-state index contributed by atoms with van der Waals surface area (Å²) in [7, 11) is 0. The molecule has 1 fully saturated rings. The summed E-state index contributed by atoms with van der Waals surface area (Å²) in [5.74, 6) is 0.135. The van der Waals surface area contributed by atoms with Gasteiger partial charge in [-0.3, -0.25) is 9.59 Å². The van der Waals surface area contributed by atoms with Gasteiger partial charge in [0.25, 0.3) is 5.91 Å². The number of amides is 2. The van der Waals surface area contributed by atoms with E-state index in [-0.39, 0.29) is 18.4 Å². The fraction of sp³-hybridized carbons (Fsp3) is 0.412. The molecule has 0 aliphatic carbocycles. The molecule has 128 valence electrons. The number of thiophene rings is 1. The van der Waals surface area contributed by atoms with E-state index in [4.69, 9.17) is 4.42 Å². The number of hydrogen-bond acceptors (Lipinski definition) is 5. The highest BCUT2D eigenvalue weighted by atomic mass is 32.1. The molecule has 2 amide bonds. The minimum absolute atomic E-state index is 0.108. The predicted octanol–water partition coefficient (Wildman–Crippen LogP) is 2.19. The van der Waals surface area contributed by atoms with E-state index in [9.17, 15) is 14.7 Å². The van der Waals surface area contributed by atoms with Crippen LogP contribution in [0.5, 0.6) is 0 Å². The Kier molecular flexibility index (Phi) is 5.32. The molecule has 2 atom stereocenters. The van der Waals surface area contributed by atoms with E-state index in [2.05, 4.69) is 5.32 Å². The van der Waals surface area contributed by atoms with Gasteiger partial charge in [0.1, 0.15) is 17.8 Å². The lowest BCUT2D eigenvalue weighted by molar-refractivity contribution is -0.127. The Labute approximate surface area is 144 Å². The lowest BCUT2D eigenvalue weighted by Gasteiger charge is -2.35. The Hall–Kier alpha value is -2.12. The maximum absolute atomic E-state index is 12.7. The number of aliphatic hydroxyl groups is 1. The zero-order chi connectivity index (χ0) is 16.9. The molecule has 0 spiro atoms. The van der Waals surface area contributed by atoms with Crippen molar-refractivity contribution in [2.75, 3.05) is 13.2 Å². The van der Waals surface area contributed by atoms with Crippen molar-refractivity contribution in [3.63, 3.8) is 0 Å². The Balaban J connectivity index is 1.72. The smallest absolute Gasteiger partial charge is 0.264 e. The second-order valence-corrected chi connectivity index (χ2v) is 6.69. The van der Waals surface area contributed by atoms with Crippen molar-refractivity contribution < 1.29 is 19.1 Å². The summed E-state index contributed by atoms with van der Waals surface area (Å²) in [4.78, 5) is 27.6. The molecule has 0 radical (unpaired) electrons. The number of furan rings is 1. The number of piperidine rings is 1. The van der Waals surface area contributed by atoms with Crippen LogP contribution in [0.2, 0.25) is 0 Å². The predicted molar refractivity (Wildman–Crippen MR) is 89.7 cm³/mol. The van der Waals surface area contributed by atoms with E-state index in [0.717, 1.165) is 12.8 Å². The van der Waals surface area contributed by atoms with Crippen molar-refractivity contribution in [1.82, 2.24) is 10.2 Å². The molecule has 2 aromatic rings. The standard InChI is InChI=1S/C17H20N2O4S/c20-11-12(14-6-3-9-23-14)18-16(21)13-5-1-2-8-19(13)17(22)15-7-4-10-24-15/h3-4,6-7,9-10,12-13,20H,1-2,5,8,11H2,(H,18,21). The second kappa shape index (κ2) is 7.63. The van der Waals surface area contributed by atoms with Crippen molar-refractivity contribution in [1.29, 1.82) is 0 Å². The van der Waals surface area contributed by atoms with Gasteiger partial charge >= 0.3 is 0 Å². The molecule has 0 saturated carbocycles. The van der Waals surface area contributed by atoms with E-state index in [0.29, 0.717) is 23.6 Å². The quantitative estimate of drug-likeness (QED) is 0.868. The molecule has 0 aromatic carbocycles. The maximum Gasteiger partial charge on any atom is 0.264 e. The number of rotatable bonds is 5. The number of aliphatic hydroxyl groups excluding tert-OH is 1. The van der Waals surface area contributed by atoms with Gasteiger partial charge in [-0.25, -0.2) is 0 Å². The highest BCUT2D eigenvalue weighted by Crippen LogP contribution is 2.23. The highest BCUT2D eigenvalue weighted by Gasteiger charge is 2.34. The minimum atomic E-state index is -0.604. The summed E-state index contributed by atoms with van der Waals surface area (Å²) in [5, 5.41) is 14.2. The van der Waals surface area contributed by atoms with Gasteiger partial charge in [-0.15, -0.1) is 11.3 Å². The molecule has 2 aromatic heterocycles. The molecular weight excluding hydrogens is 328 g/mol. The van der Waals surface area contributed by atoms with E-state index in [1.807, 2.05) is 11.4 Å². The van der Waals surface area contributed by atoms with E-state index < -0.39 is 12.1 Å². The third kappa shape index (κ3) is 3.52. The van der Waals surface area contributed by atoms with Crippen LogP contribution in [0.1, 0.15) is 40.7 Å². The third-order valence-electron chi connectivity index (χ3n) is 4.18. The van der Waals surface area contributed by atoms with Gasteiger partial charge in [-0.1, -0.05) is 6.07 Å². The Morgan fingerprint density at radius 2 is 2.25 bits per heavy atom. The maximum atomic E-state index is 12.7. The zero-order valence-electron chi connectivity index (χ0n) is 13.2. The summed E-state index contributed by atoms with van der Waals surface area (Å²) in [6.07, 6.45) is 3.91. The molecular formula is C17H20N2O4S. The first-order valence-corrected chi connectivity index (χ1v) is 8.88. The van der Waals surface area contributed by atoms with Gasteiger partial charge in [0.15, 0.2) is 0 Å². The van der Waals surface area contributed by atoms with Gasteiger partial charge in [-0.2, -0.15) is 0 Å². The molecule has 3 heterocycles. The Morgan fingerprint density at radius 3 is 2.92 bits per heavy atom. The molecule has 1 aliphatic heterocycles. The molecule has 2 unspecified atom stereocenters. The second-order valence-electron chi connectivity index (χ2n) is 5.75. The molecule has 0 bridgehead atoms. The summed E-state index contributed by atoms with van der Waals surface area (Å²) in [6, 6.07) is 5.89. The number of carbonyl (C=O) groups excluding carboxylic acids is 2. The summed E-state index contributed by atoms with van der Waals surface area (Å²) in [5.41, 5.74) is 0. The summed E-state index contributed by atoms with van der Waals surface area (Å²) in [6.45, 7) is 0.310. The lowest BCUT2D eigenvalue weighted by Crippen LogP contribution is -2.52. The summed E-state index contributed by atoms with van der Waals surface area (Å²) < 4.78 is 5.25. The summed E-state index contributed by atoms with van der Waals surface area (Å²) >= 11 is 1.38. The molecule has 1 aliphatic rings. The van der Waals surface area contributed by atoms with Crippen molar-refractivity contribution in [2.24, 2.45) is 0 Å². The van der Waals surface area contributed by atoms with E-state index in [1.54, 1.807) is 23.1 Å². The molecule has 7 heteroatoms. The SMILES string of the molecule is O=C(NC(CO)c1ccco1)C1CCCCN1C(=O)c1cccs1.